The van der Waals surface area contributed by atoms with Gasteiger partial charge in [0.15, 0.2) is 0 Å². The van der Waals surface area contributed by atoms with Crippen molar-refractivity contribution in [2.45, 2.75) is 12.8 Å². The van der Waals surface area contributed by atoms with Crippen LogP contribution in [0.4, 0.5) is 11.4 Å². The van der Waals surface area contributed by atoms with Crippen molar-refractivity contribution in [3.05, 3.63) is 66.7 Å². The number of carbonyl (C=O) groups excluding carboxylic acids is 2. The first-order valence-corrected chi connectivity index (χ1v) is 8.23. The molecule has 2 amide bonds. The Morgan fingerprint density at radius 1 is 1.24 bits per heavy atom. The molecule has 1 N–H and O–H groups in total. The zero-order chi connectivity index (χ0) is 17.6. The van der Waals surface area contributed by atoms with Gasteiger partial charge in [0.2, 0.25) is 5.91 Å². The van der Waals surface area contributed by atoms with Crippen LogP contribution in [0.15, 0.2) is 61.2 Å². The van der Waals surface area contributed by atoms with Gasteiger partial charge >= 0.3 is 0 Å². The molecule has 5 heteroatoms. The van der Waals surface area contributed by atoms with Crippen molar-refractivity contribution in [1.29, 1.82) is 0 Å². The lowest BCUT2D eigenvalue weighted by Gasteiger charge is -2.16. The summed E-state index contributed by atoms with van der Waals surface area (Å²) in [5, 5.41) is 2.85. The molecule has 128 valence electrons. The highest BCUT2D eigenvalue weighted by atomic mass is 16.5. The number of hydrogen-bond acceptors (Lipinski definition) is 3. The molecule has 1 fully saturated rings. The van der Waals surface area contributed by atoms with Crippen molar-refractivity contribution < 1.29 is 14.3 Å². The van der Waals surface area contributed by atoms with Crippen LogP contribution >= 0.6 is 0 Å². The lowest BCUT2D eigenvalue weighted by Crippen LogP contribution is -2.24. The number of hydrogen-bond donors (Lipinski definition) is 1. The van der Waals surface area contributed by atoms with Gasteiger partial charge in [-0.2, -0.15) is 0 Å². The Hall–Kier alpha value is -3.08. The van der Waals surface area contributed by atoms with Gasteiger partial charge in [0.05, 0.1) is 0 Å². The monoisotopic (exact) mass is 336 g/mol. The molecular weight excluding hydrogens is 316 g/mol. The number of ether oxygens (including phenoxy) is 1. The maximum atomic E-state index is 12.5. The molecule has 3 rings (SSSR count). The van der Waals surface area contributed by atoms with Gasteiger partial charge in [0.1, 0.15) is 12.4 Å². The third-order valence-electron chi connectivity index (χ3n) is 3.97. The predicted octanol–water partition coefficient (Wildman–Crippen LogP) is 3.63. The summed E-state index contributed by atoms with van der Waals surface area (Å²) in [5.41, 5.74) is 1.96. The minimum atomic E-state index is -0.215. The van der Waals surface area contributed by atoms with E-state index >= 15 is 0 Å². The highest BCUT2D eigenvalue weighted by Crippen LogP contribution is 2.23. The fraction of sp³-hybridized carbons (Fsp3) is 0.200. The quantitative estimate of drug-likeness (QED) is 0.820. The average Bonchev–Trinajstić information content (AvgIpc) is 3.07. The summed E-state index contributed by atoms with van der Waals surface area (Å²) in [6.45, 7) is 4.74. The van der Waals surface area contributed by atoms with Crippen molar-refractivity contribution >= 4 is 23.2 Å². The Balaban J connectivity index is 1.68. The smallest absolute Gasteiger partial charge is 0.255 e. The van der Waals surface area contributed by atoms with E-state index in [1.165, 1.54) is 0 Å². The van der Waals surface area contributed by atoms with Crippen LogP contribution in [-0.2, 0) is 4.79 Å². The number of nitrogens with zero attached hydrogens (tertiary/aromatic N) is 1. The molecule has 1 aliphatic rings. The van der Waals surface area contributed by atoms with Crippen LogP contribution < -0.4 is 15.0 Å². The molecule has 0 aliphatic carbocycles. The van der Waals surface area contributed by atoms with Crippen LogP contribution in [0.2, 0.25) is 0 Å². The van der Waals surface area contributed by atoms with Gasteiger partial charge in [-0.15, -0.1) is 0 Å². The van der Waals surface area contributed by atoms with E-state index in [2.05, 4.69) is 11.9 Å². The number of anilines is 2. The third-order valence-corrected chi connectivity index (χ3v) is 3.97. The molecule has 5 nitrogen and oxygen atoms in total. The SMILES string of the molecule is C=CCOc1ccc(NC(=O)c2cccc(N3CCCC3=O)c2)cc1. The number of nitrogens with one attached hydrogen (secondary N) is 1. The molecule has 1 aliphatic heterocycles. The first-order valence-electron chi connectivity index (χ1n) is 8.23. The van der Waals surface area contributed by atoms with Gasteiger partial charge in [-0.25, -0.2) is 0 Å². The van der Waals surface area contributed by atoms with E-state index in [0.717, 1.165) is 12.1 Å². The molecule has 0 radical (unpaired) electrons. The molecule has 0 spiro atoms. The van der Waals surface area contributed by atoms with Crippen molar-refractivity contribution in [3.63, 3.8) is 0 Å². The number of rotatable bonds is 6. The Bertz CT molecular complexity index is 784. The van der Waals surface area contributed by atoms with Crippen molar-refractivity contribution in [3.8, 4) is 5.75 Å². The summed E-state index contributed by atoms with van der Waals surface area (Å²) in [7, 11) is 0. The van der Waals surface area contributed by atoms with Crippen molar-refractivity contribution in [2.24, 2.45) is 0 Å². The van der Waals surface area contributed by atoms with Crippen LogP contribution in [0.25, 0.3) is 0 Å². The Labute approximate surface area is 146 Å². The highest BCUT2D eigenvalue weighted by molar-refractivity contribution is 6.05. The largest absolute Gasteiger partial charge is 0.490 e. The lowest BCUT2D eigenvalue weighted by molar-refractivity contribution is -0.117. The molecular formula is C20H20N2O3. The summed E-state index contributed by atoms with van der Waals surface area (Å²) in [6.07, 6.45) is 3.10. The minimum Gasteiger partial charge on any atom is -0.490 e. The van der Waals surface area contributed by atoms with E-state index in [4.69, 9.17) is 4.74 Å². The summed E-state index contributed by atoms with van der Waals surface area (Å²) in [6, 6.07) is 14.3. The van der Waals surface area contributed by atoms with Crippen LogP contribution in [0.5, 0.6) is 5.75 Å². The molecule has 25 heavy (non-hydrogen) atoms. The lowest BCUT2D eigenvalue weighted by atomic mass is 10.1. The second kappa shape index (κ2) is 7.66. The maximum Gasteiger partial charge on any atom is 0.255 e. The van der Waals surface area contributed by atoms with E-state index in [9.17, 15) is 9.59 Å². The number of carbonyl (C=O) groups is 2. The second-order valence-electron chi connectivity index (χ2n) is 5.78. The summed E-state index contributed by atoms with van der Waals surface area (Å²) < 4.78 is 5.41. The van der Waals surface area contributed by atoms with Crippen LogP contribution in [0.3, 0.4) is 0 Å². The summed E-state index contributed by atoms with van der Waals surface area (Å²) in [4.78, 5) is 26.0. The average molecular weight is 336 g/mol. The molecule has 0 saturated carbocycles. The zero-order valence-electron chi connectivity index (χ0n) is 13.9. The molecule has 1 saturated heterocycles. The van der Waals surface area contributed by atoms with Gasteiger partial charge in [0, 0.05) is 29.9 Å². The third kappa shape index (κ3) is 4.07. The van der Waals surface area contributed by atoms with E-state index in [1.807, 2.05) is 6.07 Å². The topological polar surface area (TPSA) is 58.6 Å². The molecule has 2 aromatic carbocycles. The van der Waals surface area contributed by atoms with Crippen LogP contribution in [-0.4, -0.2) is 25.0 Å². The van der Waals surface area contributed by atoms with E-state index in [0.29, 0.717) is 36.6 Å². The Morgan fingerprint density at radius 3 is 2.72 bits per heavy atom. The number of amides is 2. The van der Waals surface area contributed by atoms with Gasteiger partial charge < -0.3 is 15.0 Å². The second-order valence-corrected chi connectivity index (χ2v) is 5.78. The molecule has 0 aromatic heterocycles. The fourth-order valence-electron chi connectivity index (χ4n) is 2.73. The van der Waals surface area contributed by atoms with E-state index in [-0.39, 0.29) is 11.8 Å². The fourth-order valence-corrected chi connectivity index (χ4v) is 2.73. The number of benzene rings is 2. The Morgan fingerprint density at radius 2 is 2.04 bits per heavy atom. The van der Waals surface area contributed by atoms with E-state index in [1.54, 1.807) is 53.4 Å². The van der Waals surface area contributed by atoms with Crippen LogP contribution in [0, 0.1) is 0 Å². The summed E-state index contributed by atoms with van der Waals surface area (Å²) >= 11 is 0. The molecule has 2 aromatic rings. The van der Waals surface area contributed by atoms with E-state index < -0.39 is 0 Å². The zero-order valence-corrected chi connectivity index (χ0v) is 13.9. The molecule has 0 unspecified atom stereocenters. The molecule has 1 heterocycles. The Kier molecular flexibility index (Phi) is 5.14. The maximum absolute atomic E-state index is 12.5. The van der Waals surface area contributed by atoms with Crippen LogP contribution in [0.1, 0.15) is 23.2 Å². The standard InChI is InChI=1S/C20H20N2O3/c1-2-13-25-18-10-8-16(9-11-18)21-20(24)15-5-3-6-17(14-15)22-12-4-7-19(22)23/h2-3,5-6,8-11,14H,1,4,7,12-13H2,(H,21,24). The van der Waals surface area contributed by atoms with Gasteiger partial charge in [0.25, 0.3) is 5.91 Å². The summed E-state index contributed by atoms with van der Waals surface area (Å²) in [5.74, 6) is 0.605. The van der Waals surface area contributed by atoms with Gasteiger partial charge in [-0.1, -0.05) is 18.7 Å². The minimum absolute atomic E-state index is 0.104. The first-order chi connectivity index (χ1) is 12.2. The van der Waals surface area contributed by atoms with Gasteiger partial charge in [-0.3, -0.25) is 9.59 Å². The van der Waals surface area contributed by atoms with Crippen molar-refractivity contribution in [2.75, 3.05) is 23.4 Å². The first kappa shape index (κ1) is 16.8. The highest BCUT2D eigenvalue weighted by Gasteiger charge is 2.22. The normalized spacial score (nSPS) is 13.6. The predicted molar refractivity (Wildman–Crippen MR) is 98.1 cm³/mol. The molecule has 0 atom stereocenters. The van der Waals surface area contributed by atoms with Crippen molar-refractivity contribution in [1.82, 2.24) is 0 Å². The molecule has 0 bridgehead atoms. The van der Waals surface area contributed by atoms with Gasteiger partial charge in [-0.05, 0) is 48.9 Å².